The highest BCUT2D eigenvalue weighted by Crippen LogP contribution is 2.35. The number of nitroso groups, excluding NO2 is 1. The van der Waals surface area contributed by atoms with Gasteiger partial charge in [-0.05, 0) is 52.7 Å². The van der Waals surface area contributed by atoms with Gasteiger partial charge in [-0.2, -0.15) is 0 Å². The van der Waals surface area contributed by atoms with Crippen LogP contribution in [0.2, 0.25) is 0 Å². The highest BCUT2D eigenvalue weighted by Gasteiger charge is 2.16. The molecule has 8 aromatic rings. The van der Waals surface area contributed by atoms with E-state index in [-0.39, 0.29) is 0 Å². The lowest BCUT2D eigenvalue weighted by atomic mass is 10.0. The molecule has 2 aromatic heterocycles. The second-order valence-electron chi connectivity index (χ2n) is 11.0. The predicted molar refractivity (Wildman–Crippen MR) is 185 cm³/mol. The normalized spacial score (nSPS) is 11.1. The number of aromatic nitrogens is 4. The molecule has 46 heavy (non-hydrogen) atoms. The smallest absolute Gasteiger partial charge is 0.108 e. The molecule has 0 aliphatic carbocycles. The van der Waals surface area contributed by atoms with Crippen LogP contribution in [0.25, 0.3) is 78.2 Å². The van der Waals surface area contributed by atoms with Crippen molar-refractivity contribution >= 4 is 27.8 Å². The lowest BCUT2D eigenvalue weighted by Crippen LogP contribution is -1.97. The first-order chi connectivity index (χ1) is 22.7. The summed E-state index contributed by atoms with van der Waals surface area (Å²) in [5, 5.41) is 3.14. The van der Waals surface area contributed by atoms with Crippen molar-refractivity contribution in [3.63, 3.8) is 0 Å². The van der Waals surface area contributed by atoms with Gasteiger partial charge in [0.1, 0.15) is 5.69 Å². The summed E-state index contributed by atoms with van der Waals surface area (Å²) >= 11 is 0. The van der Waals surface area contributed by atoms with Crippen molar-refractivity contribution in [3.05, 3.63) is 157 Å². The van der Waals surface area contributed by atoms with E-state index in [1.807, 2.05) is 97.1 Å². The van der Waals surface area contributed by atoms with Crippen molar-refractivity contribution in [1.82, 2.24) is 19.9 Å². The minimum atomic E-state index is 0.342. The van der Waals surface area contributed by atoms with E-state index in [1.54, 1.807) is 12.1 Å². The zero-order chi connectivity index (χ0) is 30.9. The molecule has 0 radical (unpaired) electrons. The molecule has 0 atom stereocenters. The van der Waals surface area contributed by atoms with Crippen molar-refractivity contribution < 1.29 is 0 Å². The largest absolute Gasteiger partial charge is 0.244 e. The zero-order valence-corrected chi connectivity index (χ0v) is 24.6. The molecule has 0 aliphatic rings. The molecule has 0 fully saturated rings. The van der Waals surface area contributed by atoms with Gasteiger partial charge in [-0.3, -0.25) is 0 Å². The molecule has 0 aliphatic heterocycles. The summed E-state index contributed by atoms with van der Waals surface area (Å²) in [5.41, 5.74) is 12.3. The second-order valence-corrected chi connectivity index (χ2v) is 11.0. The summed E-state index contributed by atoms with van der Waals surface area (Å²) in [4.78, 5) is 31.8. The summed E-state index contributed by atoms with van der Waals surface area (Å²) in [6, 6.07) is 49.8. The van der Waals surface area contributed by atoms with Crippen molar-refractivity contribution in [1.29, 1.82) is 0 Å². The minimum absolute atomic E-state index is 0.342. The molecule has 0 unspecified atom stereocenters. The van der Waals surface area contributed by atoms with Gasteiger partial charge in [0.15, 0.2) is 0 Å². The molecule has 2 heterocycles. The maximum Gasteiger partial charge on any atom is 0.108 e. The van der Waals surface area contributed by atoms with Gasteiger partial charge in [0.2, 0.25) is 0 Å². The van der Waals surface area contributed by atoms with Gasteiger partial charge in [0.05, 0.1) is 44.8 Å². The first kappa shape index (κ1) is 27.2. The van der Waals surface area contributed by atoms with Gasteiger partial charge in [0.25, 0.3) is 0 Å². The van der Waals surface area contributed by atoms with E-state index in [1.165, 1.54) is 0 Å². The SMILES string of the molecule is O=Nc1cccc(-c2nc3cc(-c4ccc5nc(-c6ccccc6)c(-c6ccccc6)nc5c4)ccc3nc2-c2ccccc2)c1. The Hall–Kier alpha value is -6.40. The van der Waals surface area contributed by atoms with Crippen molar-refractivity contribution in [2.45, 2.75) is 0 Å². The van der Waals surface area contributed by atoms with Crippen LogP contribution in [0.5, 0.6) is 0 Å². The van der Waals surface area contributed by atoms with E-state index in [9.17, 15) is 4.91 Å². The third-order valence-electron chi connectivity index (χ3n) is 8.03. The molecule has 8 rings (SSSR count). The van der Waals surface area contributed by atoms with E-state index in [0.717, 1.165) is 72.5 Å². The molecule has 0 spiro atoms. The van der Waals surface area contributed by atoms with E-state index >= 15 is 0 Å². The summed E-state index contributed by atoms with van der Waals surface area (Å²) in [6.07, 6.45) is 0. The number of hydrogen-bond acceptors (Lipinski definition) is 6. The van der Waals surface area contributed by atoms with Crippen molar-refractivity contribution in [2.75, 3.05) is 0 Å². The Bertz CT molecular complexity index is 2380. The van der Waals surface area contributed by atoms with Gasteiger partial charge in [0, 0.05) is 22.3 Å². The van der Waals surface area contributed by atoms with Crippen LogP contribution in [0.3, 0.4) is 0 Å². The standard InChI is InChI=1S/C40H25N5O/c46-45-32-18-10-17-31(23-32)40-39(28-15-8-3-9-16-28)42-34-22-20-30(25-36(34)44-40)29-19-21-33-35(24-29)43-38(27-13-6-2-7-14-27)37(41-33)26-11-4-1-5-12-26/h1-25H. The molecule has 0 bridgehead atoms. The molecule has 0 amide bonds. The number of hydrogen-bond donors (Lipinski definition) is 0. The van der Waals surface area contributed by atoms with Gasteiger partial charge < -0.3 is 0 Å². The molecule has 0 saturated heterocycles. The van der Waals surface area contributed by atoms with Crippen LogP contribution in [0.1, 0.15) is 0 Å². The van der Waals surface area contributed by atoms with Gasteiger partial charge in [-0.25, -0.2) is 19.9 Å². The average Bonchev–Trinajstić information content (AvgIpc) is 3.14. The Labute approximate surface area is 265 Å². The number of benzene rings is 6. The van der Waals surface area contributed by atoms with Crippen LogP contribution in [0, 0.1) is 4.91 Å². The third kappa shape index (κ3) is 5.08. The van der Waals surface area contributed by atoms with E-state index in [4.69, 9.17) is 19.9 Å². The highest BCUT2D eigenvalue weighted by molar-refractivity contribution is 5.92. The van der Waals surface area contributed by atoms with Crippen LogP contribution in [-0.4, -0.2) is 19.9 Å². The molecule has 0 saturated carbocycles. The Morgan fingerprint density at radius 2 is 0.717 bits per heavy atom. The Kier molecular flexibility index (Phi) is 6.85. The van der Waals surface area contributed by atoms with Crippen LogP contribution in [-0.2, 0) is 0 Å². The van der Waals surface area contributed by atoms with E-state index in [0.29, 0.717) is 11.4 Å². The number of fused-ring (bicyclic) bond motifs is 2. The van der Waals surface area contributed by atoms with Gasteiger partial charge in [-0.15, -0.1) is 4.91 Å². The number of nitrogens with zero attached hydrogens (tertiary/aromatic N) is 5. The summed E-state index contributed by atoms with van der Waals surface area (Å²) in [6.45, 7) is 0. The highest BCUT2D eigenvalue weighted by atomic mass is 16.3. The Morgan fingerprint density at radius 3 is 1.15 bits per heavy atom. The first-order valence-corrected chi connectivity index (χ1v) is 15.0. The van der Waals surface area contributed by atoms with E-state index < -0.39 is 0 Å². The predicted octanol–water partition coefficient (Wildman–Crippen LogP) is 10.3. The fraction of sp³-hybridized carbons (Fsp3) is 0. The first-order valence-electron chi connectivity index (χ1n) is 15.0. The number of rotatable bonds is 6. The molecular weight excluding hydrogens is 566 g/mol. The third-order valence-corrected chi connectivity index (χ3v) is 8.03. The molecular formula is C40H25N5O. The Balaban J connectivity index is 1.27. The average molecular weight is 592 g/mol. The summed E-state index contributed by atoms with van der Waals surface area (Å²) in [7, 11) is 0. The van der Waals surface area contributed by atoms with Gasteiger partial charge in [-0.1, -0.05) is 115 Å². The van der Waals surface area contributed by atoms with E-state index in [2.05, 4.69) is 47.6 Å². The zero-order valence-electron chi connectivity index (χ0n) is 24.6. The fourth-order valence-corrected chi connectivity index (χ4v) is 5.77. The lowest BCUT2D eigenvalue weighted by molar-refractivity contribution is 1.29. The maximum absolute atomic E-state index is 11.3. The molecule has 216 valence electrons. The van der Waals surface area contributed by atoms with Crippen LogP contribution in [0.4, 0.5) is 5.69 Å². The Morgan fingerprint density at radius 1 is 0.326 bits per heavy atom. The topological polar surface area (TPSA) is 81.0 Å². The fourth-order valence-electron chi connectivity index (χ4n) is 5.77. The summed E-state index contributed by atoms with van der Waals surface area (Å²) in [5.74, 6) is 0. The molecule has 6 heteroatoms. The second kappa shape index (κ2) is 11.6. The molecule has 6 nitrogen and oxygen atoms in total. The van der Waals surface area contributed by atoms with Crippen LogP contribution < -0.4 is 0 Å². The maximum atomic E-state index is 11.3. The minimum Gasteiger partial charge on any atom is -0.244 e. The molecule has 0 N–H and O–H groups in total. The van der Waals surface area contributed by atoms with Crippen LogP contribution >= 0.6 is 0 Å². The monoisotopic (exact) mass is 591 g/mol. The van der Waals surface area contributed by atoms with Crippen molar-refractivity contribution in [2.24, 2.45) is 5.18 Å². The molecule has 6 aromatic carbocycles. The van der Waals surface area contributed by atoms with Crippen LogP contribution in [0.15, 0.2) is 157 Å². The van der Waals surface area contributed by atoms with Gasteiger partial charge >= 0.3 is 0 Å². The van der Waals surface area contributed by atoms with Crippen molar-refractivity contribution in [3.8, 4) is 56.2 Å². The quantitative estimate of drug-likeness (QED) is 0.180. The lowest BCUT2D eigenvalue weighted by Gasteiger charge is -2.13. The summed E-state index contributed by atoms with van der Waals surface area (Å²) < 4.78 is 0.